The Hall–Kier alpha value is -3.01. The number of thiazole rings is 1. The van der Waals surface area contributed by atoms with Crippen LogP contribution in [0.1, 0.15) is 41.7 Å². The highest BCUT2D eigenvalue weighted by molar-refractivity contribution is 7.15. The first-order valence-corrected chi connectivity index (χ1v) is 10.5. The number of methoxy groups -OCH3 is 3. The molecule has 31 heavy (non-hydrogen) atoms. The van der Waals surface area contributed by atoms with Crippen LogP contribution >= 0.6 is 11.3 Å². The Balaban J connectivity index is 1.74. The molecule has 2 amide bonds. The van der Waals surface area contributed by atoms with Crippen LogP contribution in [0.2, 0.25) is 0 Å². The number of carbonyl (C=O) groups is 2. The van der Waals surface area contributed by atoms with Crippen molar-refractivity contribution in [2.24, 2.45) is 0 Å². The lowest BCUT2D eigenvalue weighted by atomic mass is 10.1. The van der Waals surface area contributed by atoms with E-state index in [1.54, 1.807) is 17.0 Å². The molecule has 0 spiro atoms. The first-order valence-electron chi connectivity index (χ1n) is 9.73. The van der Waals surface area contributed by atoms with E-state index in [0.717, 1.165) is 10.6 Å². The highest BCUT2D eigenvalue weighted by Crippen LogP contribution is 2.38. The van der Waals surface area contributed by atoms with Crippen molar-refractivity contribution in [2.75, 3.05) is 33.2 Å². The highest BCUT2D eigenvalue weighted by Gasteiger charge is 2.28. The maximum absolute atomic E-state index is 12.8. The third-order valence-corrected chi connectivity index (χ3v) is 5.53. The monoisotopic (exact) mass is 449 g/mol. The van der Waals surface area contributed by atoms with E-state index in [2.05, 4.69) is 10.3 Å². The molecule has 2 heterocycles. The number of nitrogens with zero attached hydrogens (tertiary/aromatic N) is 2. The number of aromatic nitrogens is 1. The van der Waals surface area contributed by atoms with Crippen molar-refractivity contribution >= 4 is 28.5 Å². The normalized spacial score (nSPS) is 13.3. The Kier molecular flexibility index (Phi) is 6.59. The number of rotatable bonds is 5. The molecule has 168 valence electrons. The van der Waals surface area contributed by atoms with E-state index in [9.17, 15) is 9.59 Å². The van der Waals surface area contributed by atoms with Gasteiger partial charge in [0.05, 0.1) is 33.6 Å². The van der Waals surface area contributed by atoms with Gasteiger partial charge in [-0.2, -0.15) is 0 Å². The molecule has 9 nitrogen and oxygen atoms in total. The van der Waals surface area contributed by atoms with Crippen LogP contribution < -0.4 is 19.5 Å². The van der Waals surface area contributed by atoms with Gasteiger partial charge in [-0.25, -0.2) is 9.78 Å². The summed E-state index contributed by atoms with van der Waals surface area (Å²) in [5.74, 6) is 0.833. The SMILES string of the molecule is COc1cc(C(=O)Nc2nc3c(s2)CN(C(=O)OC(C)(C)C)CC3)cc(OC)c1OC. The number of ether oxygens (including phenoxy) is 4. The van der Waals surface area contributed by atoms with E-state index in [1.165, 1.54) is 32.7 Å². The summed E-state index contributed by atoms with van der Waals surface area (Å²) in [7, 11) is 4.48. The van der Waals surface area contributed by atoms with Crippen molar-refractivity contribution in [3.05, 3.63) is 28.3 Å². The first-order chi connectivity index (χ1) is 14.6. The summed E-state index contributed by atoms with van der Waals surface area (Å²) in [5.41, 5.74) is 0.674. The van der Waals surface area contributed by atoms with Gasteiger partial charge in [-0.1, -0.05) is 11.3 Å². The molecule has 0 radical (unpaired) electrons. The van der Waals surface area contributed by atoms with Gasteiger partial charge in [0, 0.05) is 23.4 Å². The van der Waals surface area contributed by atoms with Gasteiger partial charge in [0.2, 0.25) is 5.75 Å². The van der Waals surface area contributed by atoms with Gasteiger partial charge in [0.1, 0.15) is 5.60 Å². The van der Waals surface area contributed by atoms with Gasteiger partial charge < -0.3 is 23.8 Å². The second kappa shape index (κ2) is 9.01. The van der Waals surface area contributed by atoms with E-state index in [0.29, 0.717) is 47.5 Å². The van der Waals surface area contributed by atoms with Gasteiger partial charge in [-0.05, 0) is 32.9 Å². The summed E-state index contributed by atoms with van der Waals surface area (Å²) >= 11 is 1.35. The maximum Gasteiger partial charge on any atom is 0.410 e. The summed E-state index contributed by atoms with van der Waals surface area (Å²) < 4.78 is 21.4. The van der Waals surface area contributed by atoms with Gasteiger partial charge in [-0.15, -0.1) is 0 Å². The van der Waals surface area contributed by atoms with E-state index in [-0.39, 0.29) is 12.0 Å². The summed E-state index contributed by atoms with van der Waals surface area (Å²) in [5, 5.41) is 3.29. The molecule has 1 aliphatic rings. The highest BCUT2D eigenvalue weighted by atomic mass is 32.1. The molecule has 0 saturated heterocycles. The molecule has 0 bridgehead atoms. The van der Waals surface area contributed by atoms with E-state index in [4.69, 9.17) is 18.9 Å². The number of amides is 2. The number of carbonyl (C=O) groups excluding carboxylic acids is 2. The van der Waals surface area contributed by atoms with Crippen molar-refractivity contribution in [3.63, 3.8) is 0 Å². The zero-order chi connectivity index (χ0) is 22.8. The summed E-state index contributed by atoms with van der Waals surface area (Å²) in [4.78, 5) is 32.3. The Morgan fingerprint density at radius 2 is 1.74 bits per heavy atom. The maximum atomic E-state index is 12.8. The number of hydrogen-bond acceptors (Lipinski definition) is 8. The molecular formula is C21H27N3O6S. The van der Waals surface area contributed by atoms with Crippen LogP contribution in [0.5, 0.6) is 17.2 Å². The second-order valence-electron chi connectivity index (χ2n) is 7.91. The zero-order valence-electron chi connectivity index (χ0n) is 18.5. The largest absolute Gasteiger partial charge is 0.493 e. The molecule has 2 aromatic rings. The van der Waals surface area contributed by atoms with Gasteiger partial charge in [0.25, 0.3) is 5.91 Å². The van der Waals surface area contributed by atoms with Crippen LogP contribution in [0.15, 0.2) is 12.1 Å². The Morgan fingerprint density at radius 3 is 2.29 bits per heavy atom. The first kappa shape index (κ1) is 22.7. The molecule has 0 atom stereocenters. The average molecular weight is 450 g/mol. The lowest BCUT2D eigenvalue weighted by Gasteiger charge is -2.29. The Labute approximate surface area is 185 Å². The molecule has 1 aliphatic heterocycles. The fourth-order valence-corrected chi connectivity index (χ4v) is 4.13. The smallest absolute Gasteiger partial charge is 0.410 e. The van der Waals surface area contributed by atoms with Gasteiger partial charge >= 0.3 is 6.09 Å². The Bertz CT molecular complexity index is 957. The predicted octanol–water partition coefficient (Wildman–Crippen LogP) is 3.71. The standard InChI is InChI=1S/C21H27N3O6S/c1-21(2,3)30-20(26)24-8-7-13-16(11-24)31-19(22-13)23-18(25)12-9-14(27-4)17(29-6)15(10-12)28-5/h9-10H,7-8,11H2,1-6H3,(H,22,23,25). The van der Waals surface area contributed by atoms with E-state index < -0.39 is 5.60 Å². The van der Waals surface area contributed by atoms with E-state index in [1.807, 2.05) is 20.8 Å². The van der Waals surface area contributed by atoms with Gasteiger partial charge in [0.15, 0.2) is 16.6 Å². The molecule has 1 N–H and O–H groups in total. The van der Waals surface area contributed by atoms with Crippen LogP contribution in [0, 0.1) is 0 Å². The van der Waals surface area contributed by atoms with Crippen LogP contribution in [-0.2, 0) is 17.7 Å². The number of fused-ring (bicyclic) bond motifs is 1. The molecule has 3 rings (SSSR count). The topological polar surface area (TPSA) is 99.2 Å². The van der Waals surface area contributed by atoms with Crippen molar-refractivity contribution in [3.8, 4) is 17.2 Å². The van der Waals surface area contributed by atoms with Crippen LogP contribution in [0.25, 0.3) is 0 Å². The van der Waals surface area contributed by atoms with Crippen LogP contribution in [-0.4, -0.2) is 55.4 Å². The molecular weight excluding hydrogens is 422 g/mol. The molecule has 0 fully saturated rings. The van der Waals surface area contributed by atoms with Crippen molar-refractivity contribution < 1.29 is 28.5 Å². The quantitative estimate of drug-likeness (QED) is 0.743. The summed E-state index contributed by atoms with van der Waals surface area (Å²) in [6.45, 7) is 6.44. The van der Waals surface area contributed by atoms with Crippen LogP contribution in [0.3, 0.4) is 0 Å². The van der Waals surface area contributed by atoms with Crippen molar-refractivity contribution in [1.82, 2.24) is 9.88 Å². The molecule has 0 unspecified atom stereocenters. The molecule has 0 saturated carbocycles. The minimum atomic E-state index is -0.551. The fraction of sp³-hybridized carbons (Fsp3) is 0.476. The molecule has 1 aromatic heterocycles. The Morgan fingerprint density at radius 1 is 1.10 bits per heavy atom. The number of hydrogen-bond donors (Lipinski definition) is 1. The van der Waals surface area contributed by atoms with E-state index >= 15 is 0 Å². The summed E-state index contributed by atoms with van der Waals surface area (Å²) in [6, 6.07) is 3.16. The molecule has 10 heteroatoms. The third kappa shape index (κ3) is 5.19. The number of nitrogens with one attached hydrogen (secondary N) is 1. The predicted molar refractivity (Wildman–Crippen MR) is 117 cm³/mol. The fourth-order valence-electron chi connectivity index (χ4n) is 3.11. The van der Waals surface area contributed by atoms with Crippen molar-refractivity contribution in [2.45, 2.75) is 39.3 Å². The van der Waals surface area contributed by atoms with Crippen molar-refractivity contribution in [1.29, 1.82) is 0 Å². The summed E-state index contributed by atoms with van der Waals surface area (Å²) in [6.07, 6.45) is 0.250. The lowest BCUT2D eigenvalue weighted by molar-refractivity contribution is 0.0225. The van der Waals surface area contributed by atoms with Gasteiger partial charge in [-0.3, -0.25) is 10.1 Å². The molecule has 1 aromatic carbocycles. The molecule has 0 aliphatic carbocycles. The third-order valence-electron chi connectivity index (χ3n) is 4.53. The second-order valence-corrected chi connectivity index (χ2v) is 8.99. The van der Waals surface area contributed by atoms with Crippen LogP contribution in [0.4, 0.5) is 9.93 Å². The minimum Gasteiger partial charge on any atom is -0.493 e. The number of anilines is 1. The lowest BCUT2D eigenvalue weighted by Crippen LogP contribution is -2.39. The average Bonchev–Trinajstić information content (AvgIpc) is 3.12. The zero-order valence-corrected chi connectivity index (χ0v) is 19.3. The minimum absolute atomic E-state index is 0.345. The number of benzene rings is 1.